The molecule has 0 spiro atoms. The zero-order valence-electron chi connectivity index (χ0n) is 14.7. The maximum Gasteiger partial charge on any atom is 0.321 e. The summed E-state index contributed by atoms with van der Waals surface area (Å²) in [6, 6.07) is 5.46. The molecular weight excluding hydrogens is 316 g/mol. The molecule has 2 aliphatic rings. The Balaban J connectivity index is 1.58. The molecule has 1 aromatic rings. The maximum atomic E-state index is 12.1. The summed E-state index contributed by atoms with van der Waals surface area (Å²) in [4.78, 5) is 26.0. The van der Waals surface area contributed by atoms with Crippen molar-refractivity contribution in [3.8, 4) is 0 Å². The fraction of sp³-hybridized carbons (Fsp3) is 0.474. The zero-order chi connectivity index (χ0) is 17.6. The molecule has 1 aromatic carbocycles. The van der Waals surface area contributed by atoms with E-state index in [1.54, 1.807) is 4.90 Å². The Bertz CT molecular complexity index is 671. The third-order valence-electron chi connectivity index (χ3n) is 4.74. The Kier molecular flexibility index (Phi) is 5.58. The first-order chi connectivity index (χ1) is 12.2. The first kappa shape index (κ1) is 17.3. The van der Waals surface area contributed by atoms with E-state index in [-0.39, 0.29) is 12.1 Å². The molecule has 3 rings (SSSR count). The fourth-order valence-electron chi connectivity index (χ4n) is 3.37. The average Bonchev–Trinajstić information content (AvgIpc) is 3.04. The van der Waals surface area contributed by atoms with E-state index in [4.69, 9.17) is 0 Å². The van der Waals surface area contributed by atoms with E-state index in [0.717, 1.165) is 36.9 Å². The van der Waals surface area contributed by atoms with Gasteiger partial charge in [0.15, 0.2) is 0 Å². The molecule has 4 amide bonds. The number of allylic oxidation sites excluding steroid dienone is 2. The highest BCUT2D eigenvalue weighted by Gasteiger charge is 2.24. The van der Waals surface area contributed by atoms with Crippen molar-refractivity contribution in [3.63, 3.8) is 0 Å². The van der Waals surface area contributed by atoms with Gasteiger partial charge in [0.25, 0.3) is 0 Å². The molecule has 3 N–H and O–H groups in total. The van der Waals surface area contributed by atoms with E-state index in [9.17, 15) is 9.59 Å². The van der Waals surface area contributed by atoms with Crippen LogP contribution in [0.25, 0.3) is 0 Å². The number of hydrogen-bond donors (Lipinski definition) is 3. The van der Waals surface area contributed by atoms with Gasteiger partial charge in [-0.25, -0.2) is 9.59 Å². The topological polar surface area (TPSA) is 73.5 Å². The lowest BCUT2D eigenvalue weighted by atomic mass is 9.94. The Morgan fingerprint density at radius 2 is 2.12 bits per heavy atom. The number of fused-ring (bicyclic) bond motifs is 1. The molecule has 1 aliphatic carbocycles. The van der Waals surface area contributed by atoms with E-state index in [1.807, 2.05) is 25.1 Å². The van der Waals surface area contributed by atoms with Crippen molar-refractivity contribution in [1.82, 2.24) is 10.6 Å². The van der Waals surface area contributed by atoms with Crippen molar-refractivity contribution < 1.29 is 9.59 Å². The SMILES string of the molecule is CCNC(=O)N1CCc2ccc(NC(=O)NCC3CC=CCC3)cc21. The smallest absolute Gasteiger partial charge is 0.321 e. The largest absolute Gasteiger partial charge is 0.338 e. The molecule has 6 nitrogen and oxygen atoms in total. The number of carbonyl (C=O) groups excluding carboxylic acids is 2. The van der Waals surface area contributed by atoms with E-state index in [1.165, 1.54) is 0 Å². The van der Waals surface area contributed by atoms with E-state index in [2.05, 4.69) is 28.1 Å². The van der Waals surface area contributed by atoms with Gasteiger partial charge in [-0.3, -0.25) is 4.90 Å². The highest BCUT2D eigenvalue weighted by molar-refractivity contribution is 5.96. The van der Waals surface area contributed by atoms with Gasteiger partial charge >= 0.3 is 12.1 Å². The average molecular weight is 342 g/mol. The number of nitrogens with zero attached hydrogens (tertiary/aromatic N) is 1. The third-order valence-corrected chi connectivity index (χ3v) is 4.74. The van der Waals surface area contributed by atoms with Crippen LogP contribution in [0.4, 0.5) is 21.0 Å². The number of urea groups is 2. The molecule has 6 heteroatoms. The van der Waals surface area contributed by atoms with Gasteiger partial charge in [0.2, 0.25) is 0 Å². The van der Waals surface area contributed by atoms with Crippen LogP contribution in [0, 0.1) is 5.92 Å². The highest BCUT2D eigenvalue weighted by atomic mass is 16.2. The summed E-state index contributed by atoms with van der Waals surface area (Å²) in [7, 11) is 0. The fourth-order valence-corrected chi connectivity index (χ4v) is 3.37. The second-order valence-electron chi connectivity index (χ2n) is 6.57. The van der Waals surface area contributed by atoms with Crippen LogP contribution in [0.2, 0.25) is 0 Å². The standard InChI is InChI=1S/C19H26N4O2/c1-2-20-19(25)23-11-10-15-8-9-16(12-17(15)23)22-18(24)21-13-14-6-4-3-5-7-14/h3-4,8-9,12,14H,2,5-7,10-11,13H2,1H3,(H,20,25)(H2,21,22,24). The van der Waals surface area contributed by atoms with Crippen molar-refractivity contribution in [2.45, 2.75) is 32.6 Å². The van der Waals surface area contributed by atoms with E-state index in [0.29, 0.717) is 31.2 Å². The number of hydrogen-bond acceptors (Lipinski definition) is 2. The second kappa shape index (κ2) is 8.05. The van der Waals surface area contributed by atoms with Crippen LogP contribution < -0.4 is 20.9 Å². The molecule has 0 saturated heterocycles. The predicted molar refractivity (Wildman–Crippen MR) is 100 cm³/mol. The molecule has 0 radical (unpaired) electrons. The maximum absolute atomic E-state index is 12.1. The van der Waals surface area contributed by atoms with Crippen molar-refractivity contribution in [2.24, 2.45) is 5.92 Å². The van der Waals surface area contributed by atoms with E-state index >= 15 is 0 Å². The Morgan fingerprint density at radius 3 is 2.88 bits per heavy atom. The first-order valence-corrected chi connectivity index (χ1v) is 9.05. The van der Waals surface area contributed by atoms with Crippen molar-refractivity contribution in [2.75, 3.05) is 29.9 Å². The van der Waals surface area contributed by atoms with Gasteiger partial charge in [-0.2, -0.15) is 0 Å². The zero-order valence-corrected chi connectivity index (χ0v) is 14.7. The van der Waals surface area contributed by atoms with Crippen LogP contribution in [-0.2, 0) is 6.42 Å². The van der Waals surface area contributed by atoms with Gasteiger partial charge in [-0.1, -0.05) is 18.2 Å². The lowest BCUT2D eigenvalue weighted by molar-refractivity contribution is 0.247. The minimum atomic E-state index is -0.197. The quantitative estimate of drug-likeness (QED) is 0.735. The van der Waals surface area contributed by atoms with Crippen LogP contribution >= 0.6 is 0 Å². The molecule has 0 aromatic heterocycles. The number of rotatable bonds is 4. The molecule has 134 valence electrons. The van der Waals surface area contributed by atoms with Gasteiger partial charge < -0.3 is 16.0 Å². The monoisotopic (exact) mass is 342 g/mol. The van der Waals surface area contributed by atoms with E-state index < -0.39 is 0 Å². The Hall–Kier alpha value is -2.50. The summed E-state index contributed by atoms with van der Waals surface area (Å²) < 4.78 is 0. The highest BCUT2D eigenvalue weighted by Crippen LogP contribution is 2.30. The minimum Gasteiger partial charge on any atom is -0.338 e. The molecule has 1 unspecified atom stereocenters. The summed E-state index contributed by atoms with van der Waals surface area (Å²) in [6.07, 6.45) is 8.46. The molecule has 25 heavy (non-hydrogen) atoms. The summed E-state index contributed by atoms with van der Waals surface area (Å²) >= 11 is 0. The lowest BCUT2D eigenvalue weighted by Crippen LogP contribution is -2.38. The molecule has 0 bridgehead atoms. The number of carbonyl (C=O) groups is 2. The number of anilines is 2. The summed E-state index contributed by atoms with van der Waals surface area (Å²) in [6.45, 7) is 3.86. The van der Waals surface area contributed by atoms with Crippen LogP contribution in [0.3, 0.4) is 0 Å². The first-order valence-electron chi connectivity index (χ1n) is 9.05. The molecule has 0 saturated carbocycles. The molecule has 1 atom stereocenters. The van der Waals surface area contributed by atoms with Crippen molar-refractivity contribution in [3.05, 3.63) is 35.9 Å². The summed E-state index contributed by atoms with van der Waals surface area (Å²) in [5, 5.41) is 8.65. The summed E-state index contributed by atoms with van der Waals surface area (Å²) in [5.74, 6) is 0.518. The Morgan fingerprint density at radius 1 is 1.24 bits per heavy atom. The van der Waals surface area contributed by atoms with Crippen LogP contribution in [-0.4, -0.2) is 31.7 Å². The third kappa shape index (κ3) is 4.32. The van der Waals surface area contributed by atoms with Gasteiger partial charge in [-0.15, -0.1) is 0 Å². The Labute approximate surface area is 148 Å². The van der Waals surface area contributed by atoms with Crippen molar-refractivity contribution >= 4 is 23.4 Å². The van der Waals surface area contributed by atoms with Crippen LogP contribution in [0.15, 0.2) is 30.4 Å². The predicted octanol–water partition coefficient (Wildman–Crippen LogP) is 3.26. The summed E-state index contributed by atoms with van der Waals surface area (Å²) in [5.41, 5.74) is 2.71. The number of benzene rings is 1. The molecule has 1 aliphatic heterocycles. The normalized spacial score (nSPS) is 18.6. The van der Waals surface area contributed by atoms with Gasteiger partial charge in [-0.05, 0) is 56.2 Å². The minimum absolute atomic E-state index is 0.0896. The second-order valence-corrected chi connectivity index (χ2v) is 6.57. The van der Waals surface area contributed by atoms with Crippen molar-refractivity contribution in [1.29, 1.82) is 0 Å². The van der Waals surface area contributed by atoms with Crippen LogP contribution in [0.5, 0.6) is 0 Å². The molecule has 0 fully saturated rings. The van der Waals surface area contributed by atoms with Gasteiger partial charge in [0.05, 0.1) is 5.69 Å². The molecular formula is C19H26N4O2. The number of nitrogens with one attached hydrogen (secondary N) is 3. The molecule has 1 heterocycles. The lowest BCUT2D eigenvalue weighted by Gasteiger charge is -2.19. The van der Waals surface area contributed by atoms with Gasteiger partial charge in [0.1, 0.15) is 0 Å². The number of amides is 4. The van der Waals surface area contributed by atoms with Crippen LogP contribution in [0.1, 0.15) is 31.7 Å². The van der Waals surface area contributed by atoms with Gasteiger partial charge in [0, 0.05) is 25.3 Å².